The normalized spacial score (nSPS) is 24.9. The van der Waals surface area contributed by atoms with Gasteiger partial charge in [-0.1, -0.05) is 12.1 Å². The fraction of sp³-hybridized carbons (Fsp3) is 0.611. The molecule has 2 aliphatic rings. The Morgan fingerprint density at radius 3 is 2.68 bits per heavy atom. The van der Waals surface area contributed by atoms with Crippen molar-refractivity contribution in [1.29, 1.82) is 0 Å². The number of rotatable bonds is 2. The van der Waals surface area contributed by atoms with E-state index in [0.29, 0.717) is 12.0 Å². The number of imidazole rings is 1. The minimum Gasteiger partial charge on any atom is -0.380 e. The fourth-order valence-electron chi connectivity index (χ4n) is 4.06. The number of aryl methyl sites for hydroxylation is 1. The number of para-hydroxylation sites is 2. The molecule has 2 aromatic rings. The molecule has 2 saturated heterocycles. The van der Waals surface area contributed by atoms with E-state index in [9.17, 15) is 0 Å². The van der Waals surface area contributed by atoms with Crippen LogP contribution in [0.4, 0.5) is 0 Å². The molecule has 0 radical (unpaired) electrons. The van der Waals surface area contributed by atoms with E-state index in [1.807, 2.05) is 0 Å². The second-order valence-electron chi connectivity index (χ2n) is 6.70. The monoisotopic (exact) mass is 299 g/mol. The van der Waals surface area contributed by atoms with Gasteiger partial charge in [0.05, 0.1) is 17.6 Å². The second kappa shape index (κ2) is 6.01. The number of piperidine rings is 1. The summed E-state index contributed by atoms with van der Waals surface area (Å²) in [5.74, 6) is 1.86. The van der Waals surface area contributed by atoms with Gasteiger partial charge in [0.1, 0.15) is 5.82 Å². The van der Waals surface area contributed by atoms with E-state index >= 15 is 0 Å². The summed E-state index contributed by atoms with van der Waals surface area (Å²) in [5, 5.41) is 0. The number of fused-ring (bicyclic) bond motifs is 1. The Hall–Kier alpha value is -1.39. The summed E-state index contributed by atoms with van der Waals surface area (Å²) < 4.78 is 7.94. The van der Waals surface area contributed by atoms with Crippen LogP contribution in [0.25, 0.3) is 11.0 Å². The minimum atomic E-state index is 0.596. The highest BCUT2D eigenvalue weighted by Gasteiger charge is 2.29. The van der Waals surface area contributed by atoms with Gasteiger partial charge in [-0.15, -0.1) is 0 Å². The molecule has 0 aliphatic carbocycles. The number of hydrogen-bond acceptors (Lipinski definition) is 3. The average molecular weight is 299 g/mol. The summed E-state index contributed by atoms with van der Waals surface area (Å²) in [4.78, 5) is 7.53. The Bertz CT molecular complexity index is 637. The van der Waals surface area contributed by atoms with Crippen LogP contribution in [0.5, 0.6) is 0 Å². The van der Waals surface area contributed by atoms with Crippen LogP contribution in [0.3, 0.4) is 0 Å². The summed E-state index contributed by atoms with van der Waals surface area (Å²) in [6.07, 6.45) is 4.95. The SMILES string of the molecule is Cn1c(C2CCN([C@H]3CCCOC3)CC2)nc2ccccc21. The zero-order valence-corrected chi connectivity index (χ0v) is 13.4. The van der Waals surface area contributed by atoms with E-state index in [4.69, 9.17) is 9.72 Å². The van der Waals surface area contributed by atoms with Crippen LogP contribution in [0.2, 0.25) is 0 Å². The number of ether oxygens (including phenoxy) is 1. The van der Waals surface area contributed by atoms with Gasteiger partial charge >= 0.3 is 0 Å². The van der Waals surface area contributed by atoms with Crippen LogP contribution in [0, 0.1) is 0 Å². The summed E-state index contributed by atoms with van der Waals surface area (Å²) in [6, 6.07) is 9.10. The second-order valence-corrected chi connectivity index (χ2v) is 6.70. The smallest absolute Gasteiger partial charge is 0.112 e. The molecule has 0 bridgehead atoms. The first-order chi connectivity index (χ1) is 10.8. The maximum absolute atomic E-state index is 5.65. The molecule has 0 N–H and O–H groups in total. The molecule has 1 atom stereocenters. The van der Waals surface area contributed by atoms with Gasteiger partial charge in [-0.2, -0.15) is 0 Å². The van der Waals surface area contributed by atoms with E-state index in [1.54, 1.807) is 0 Å². The summed E-state index contributed by atoms with van der Waals surface area (Å²) >= 11 is 0. The van der Waals surface area contributed by atoms with Crippen molar-refractivity contribution in [2.24, 2.45) is 7.05 Å². The van der Waals surface area contributed by atoms with Crippen molar-refractivity contribution in [2.45, 2.75) is 37.6 Å². The zero-order valence-electron chi connectivity index (χ0n) is 13.4. The molecular weight excluding hydrogens is 274 g/mol. The maximum Gasteiger partial charge on any atom is 0.112 e. The van der Waals surface area contributed by atoms with Gasteiger partial charge in [-0.3, -0.25) is 4.90 Å². The summed E-state index contributed by atoms with van der Waals surface area (Å²) in [6.45, 7) is 4.24. The highest BCUT2D eigenvalue weighted by atomic mass is 16.5. The Morgan fingerprint density at radius 2 is 1.95 bits per heavy atom. The molecule has 0 amide bonds. The predicted octanol–water partition coefficient (Wildman–Crippen LogP) is 2.93. The molecule has 0 spiro atoms. The van der Waals surface area contributed by atoms with Crippen LogP contribution in [0.1, 0.15) is 37.4 Å². The number of aromatic nitrogens is 2. The summed E-state index contributed by atoms with van der Waals surface area (Å²) in [7, 11) is 2.16. The highest BCUT2D eigenvalue weighted by molar-refractivity contribution is 5.75. The van der Waals surface area contributed by atoms with Gasteiger partial charge in [0, 0.05) is 25.6 Å². The Balaban J connectivity index is 1.47. The lowest BCUT2D eigenvalue weighted by Gasteiger charge is -2.38. The van der Waals surface area contributed by atoms with Gasteiger partial charge in [0.15, 0.2) is 0 Å². The van der Waals surface area contributed by atoms with Crippen molar-refractivity contribution in [3.8, 4) is 0 Å². The molecule has 2 fully saturated rings. The van der Waals surface area contributed by atoms with Crippen molar-refractivity contribution in [1.82, 2.24) is 14.5 Å². The topological polar surface area (TPSA) is 30.3 Å². The predicted molar refractivity (Wildman–Crippen MR) is 88.1 cm³/mol. The van der Waals surface area contributed by atoms with Crippen molar-refractivity contribution in [2.75, 3.05) is 26.3 Å². The van der Waals surface area contributed by atoms with Gasteiger partial charge in [-0.05, 0) is 50.9 Å². The van der Waals surface area contributed by atoms with Gasteiger partial charge in [0.25, 0.3) is 0 Å². The lowest BCUT2D eigenvalue weighted by molar-refractivity contribution is 0.00848. The van der Waals surface area contributed by atoms with E-state index < -0.39 is 0 Å². The fourth-order valence-corrected chi connectivity index (χ4v) is 4.06. The highest BCUT2D eigenvalue weighted by Crippen LogP contribution is 2.31. The molecule has 22 heavy (non-hydrogen) atoms. The standard InChI is InChI=1S/C18H25N3O/c1-20-17-7-3-2-6-16(17)19-18(20)14-8-10-21(11-9-14)15-5-4-12-22-13-15/h2-3,6-7,14-15H,4-5,8-13H2,1H3/t15-/m0/s1. The molecule has 4 nitrogen and oxygen atoms in total. The minimum absolute atomic E-state index is 0.596. The van der Waals surface area contributed by atoms with Crippen molar-refractivity contribution < 1.29 is 4.74 Å². The van der Waals surface area contributed by atoms with Crippen LogP contribution < -0.4 is 0 Å². The molecule has 1 aromatic carbocycles. The van der Waals surface area contributed by atoms with Gasteiger partial charge in [-0.25, -0.2) is 4.98 Å². The first-order valence-corrected chi connectivity index (χ1v) is 8.56. The van der Waals surface area contributed by atoms with Crippen LogP contribution in [-0.2, 0) is 11.8 Å². The zero-order chi connectivity index (χ0) is 14.9. The molecule has 4 rings (SSSR count). The van der Waals surface area contributed by atoms with Crippen LogP contribution >= 0.6 is 0 Å². The Labute approximate surface area is 132 Å². The number of likely N-dealkylation sites (tertiary alicyclic amines) is 1. The number of nitrogens with zero attached hydrogens (tertiary/aromatic N) is 3. The molecular formula is C18H25N3O. The largest absolute Gasteiger partial charge is 0.380 e. The lowest BCUT2D eigenvalue weighted by atomic mass is 9.94. The number of hydrogen-bond donors (Lipinski definition) is 0. The molecule has 1 aromatic heterocycles. The third-order valence-corrected chi connectivity index (χ3v) is 5.37. The van der Waals surface area contributed by atoms with E-state index in [0.717, 1.165) is 18.7 Å². The molecule has 118 valence electrons. The molecule has 3 heterocycles. The van der Waals surface area contributed by atoms with Crippen molar-refractivity contribution in [3.63, 3.8) is 0 Å². The Morgan fingerprint density at radius 1 is 1.14 bits per heavy atom. The van der Waals surface area contributed by atoms with E-state index in [1.165, 1.54) is 50.1 Å². The Kier molecular flexibility index (Phi) is 3.89. The summed E-state index contributed by atoms with van der Waals surface area (Å²) in [5.41, 5.74) is 2.38. The molecule has 0 saturated carbocycles. The van der Waals surface area contributed by atoms with E-state index in [-0.39, 0.29) is 0 Å². The van der Waals surface area contributed by atoms with Gasteiger partial charge < -0.3 is 9.30 Å². The quantitative estimate of drug-likeness (QED) is 0.854. The molecule has 4 heteroatoms. The maximum atomic E-state index is 5.65. The van der Waals surface area contributed by atoms with Crippen molar-refractivity contribution in [3.05, 3.63) is 30.1 Å². The van der Waals surface area contributed by atoms with Gasteiger partial charge in [0.2, 0.25) is 0 Å². The third kappa shape index (κ3) is 2.55. The van der Waals surface area contributed by atoms with Crippen LogP contribution in [-0.4, -0.2) is 46.8 Å². The first-order valence-electron chi connectivity index (χ1n) is 8.56. The lowest BCUT2D eigenvalue weighted by Crippen LogP contribution is -2.45. The molecule has 0 unspecified atom stereocenters. The average Bonchev–Trinajstić information content (AvgIpc) is 2.93. The molecule has 2 aliphatic heterocycles. The van der Waals surface area contributed by atoms with Crippen LogP contribution in [0.15, 0.2) is 24.3 Å². The van der Waals surface area contributed by atoms with E-state index in [2.05, 4.69) is 40.8 Å². The number of benzene rings is 1. The third-order valence-electron chi connectivity index (χ3n) is 5.37. The first kappa shape index (κ1) is 14.2. The van der Waals surface area contributed by atoms with Crippen molar-refractivity contribution >= 4 is 11.0 Å².